The second kappa shape index (κ2) is 5.48. The highest BCUT2D eigenvalue weighted by molar-refractivity contribution is 6.33. The van der Waals surface area contributed by atoms with Gasteiger partial charge in [0.05, 0.1) is 34.7 Å². The number of hydrogen-bond donors (Lipinski definition) is 0. The zero-order chi connectivity index (χ0) is 13.0. The summed E-state index contributed by atoms with van der Waals surface area (Å²) >= 11 is 6.14. The fourth-order valence-corrected chi connectivity index (χ4v) is 2.05. The van der Waals surface area contributed by atoms with Crippen LogP contribution in [0, 0.1) is 11.3 Å². The zero-order valence-electron chi connectivity index (χ0n) is 9.84. The molecule has 2 rings (SSSR count). The van der Waals surface area contributed by atoms with Crippen LogP contribution in [0.15, 0.2) is 36.8 Å². The molecule has 1 heterocycles. The molecule has 0 amide bonds. The Hall–Kier alpha value is -2.12. The molecule has 0 aliphatic heterocycles. The van der Waals surface area contributed by atoms with Gasteiger partial charge in [-0.05, 0) is 12.1 Å². The molecule has 5 heteroatoms. The van der Waals surface area contributed by atoms with Gasteiger partial charge in [-0.3, -0.25) is 9.97 Å². The molecule has 1 aromatic heterocycles. The molecule has 0 saturated heterocycles. The minimum atomic E-state index is 0.548. The normalized spacial score (nSPS) is 9.83. The highest BCUT2D eigenvalue weighted by Crippen LogP contribution is 2.29. The summed E-state index contributed by atoms with van der Waals surface area (Å²) < 4.78 is 0. The first-order chi connectivity index (χ1) is 8.72. The van der Waals surface area contributed by atoms with E-state index < -0.39 is 0 Å². The summed E-state index contributed by atoms with van der Waals surface area (Å²) in [5.74, 6) is 0. The highest BCUT2D eigenvalue weighted by atomic mass is 35.5. The molecule has 0 radical (unpaired) electrons. The van der Waals surface area contributed by atoms with Crippen LogP contribution in [0.2, 0.25) is 5.02 Å². The Morgan fingerprint density at radius 3 is 2.89 bits per heavy atom. The van der Waals surface area contributed by atoms with Crippen molar-refractivity contribution >= 4 is 17.3 Å². The lowest BCUT2D eigenvalue weighted by atomic mass is 10.1. The SMILES string of the molecule is CN(Cc1cnccn1)c1c(Cl)cccc1C#N. The van der Waals surface area contributed by atoms with E-state index in [9.17, 15) is 0 Å². The standard InChI is InChI=1S/C13H11ClN4/c1-18(9-11-8-16-5-6-17-11)13-10(7-15)3-2-4-12(13)14/h2-6,8H,9H2,1H3. The van der Waals surface area contributed by atoms with Gasteiger partial charge in [0.15, 0.2) is 0 Å². The average molecular weight is 259 g/mol. The van der Waals surface area contributed by atoms with Crippen LogP contribution in [0.1, 0.15) is 11.3 Å². The fourth-order valence-electron chi connectivity index (χ4n) is 1.73. The van der Waals surface area contributed by atoms with E-state index in [1.165, 1.54) is 0 Å². The van der Waals surface area contributed by atoms with E-state index in [0.29, 0.717) is 22.8 Å². The van der Waals surface area contributed by atoms with Gasteiger partial charge in [-0.15, -0.1) is 0 Å². The third-order valence-corrected chi connectivity index (χ3v) is 2.81. The molecule has 18 heavy (non-hydrogen) atoms. The Balaban J connectivity index is 2.30. The van der Waals surface area contributed by atoms with Crippen molar-refractivity contribution in [3.8, 4) is 6.07 Å². The van der Waals surface area contributed by atoms with E-state index in [1.54, 1.807) is 36.8 Å². The van der Waals surface area contributed by atoms with Gasteiger partial charge in [-0.25, -0.2) is 0 Å². The van der Waals surface area contributed by atoms with Gasteiger partial charge in [0.1, 0.15) is 6.07 Å². The number of anilines is 1. The van der Waals surface area contributed by atoms with E-state index in [2.05, 4.69) is 16.0 Å². The van der Waals surface area contributed by atoms with E-state index in [1.807, 2.05) is 11.9 Å². The molecular weight excluding hydrogens is 248 g/mol. The third-order valence-electron chi connectivity index (χ3n) is 2.50. The molecule has 0 atom stereocenters. The summed E-state index contributed by atoms with van der Waals surface area (Å²) in [6, 6.07) is 7.42. The second-order valence-corrected chi connectivity index (χ2v) is 4.21. The summed E-state index contributed by atoms with van der Waals surface area (Å²) in [6.45, 7) is 0.548. The van der Waals surface area contributed by atoms with Crippen LogP contribution in [0.25, 0.3) is 0 Å². The van der Waals surface area contributed by atoms with Gasteiger partial charge in [-0.1, -0.05) is 17.7 Å². The molecule has 0 saturated carbocycles. The minimum absolute atomic E-state index is 0.548. The van der Waals surface area contributed by atoms with Crippen molar-refractivity contribution in [3.63, 3.8) is 0 Å². The summed E-state index contributed by atoms with van der Waals surface area (Å²) in [6.07, 6.45) is 4.96. The lowest BCUT2D eigenvalue weighted by Gasteiger charge is -2.21. The van der Waals surface area contributed by atoms with E-state index in [4.69, 9.17) is 16.9 Å². The number of para-hydroxylation sites is 1. The van der Waals surface area contributed by atoms with Crippen molar-refractivity contribution in [3.05, 3.63) is 53.1 Å². The molecule has 2 aromatic rings. The zero-order valence-corrected chi connectivity index (χ0v) is 10.6. The maximum absolute atomic E-state index is 9.09. The van der Waals surface area contributed by atoms with Gasteiger partial charge >= 0.3 is 0 Å². The van der Waals surface area contributed by atoms with Crippen LogP contribution in [-0.2, 0) is 6.54 Å². The van der Waals surface area contributed by atoms with Crippen LogP contribution < -0.4 is 4.90 Å². The lowest BCUT2D eigenvalue weighted by Crippen LogP contribution is -2.18. The summed E-state index contributed by atoms with van der Waals surface area (Å²) in [5, 5.41) is 9.65. The molecule has 0 fully saturated rings. The molecule has 0 N–H and O–H groups in total. The molecule has 0 aliphatic carbocycles. The maximum atomic E-state index is 9.09. The van der Waals surface area contributed by atoms with Gasteiger partial charge < -0.3 is 4.90 Å². The summed E-state index contributed by atoms with van der Waals surface area (Å²) in [7, 11) is 1.87. The largest absolute Gasteiger partial charge is 0.366 e. The van der Waals surface area contributed by atoms with Crippen molar-refractivity contribution in [1.82, 2.24) is 9.97 Å². The fraction of sp³-hybridized carbons (Fsp3) is 0.154. The number of nitrogens with zero attached hydrogens (tertiary/aromatic N) is 4. The molecule has 90 valence electrons. The summed E-state index contributed by atoms with van der Waals surface area (Å²) in [5.41, 5.74) is 2.09. The van der Waals surface area contributed by atoms with Gasteiger partial charge in [-0.2, -0.15) is 5.26 Å². The quantitative estimate of drug-likeness (QED) is 0.849. The lowest BCUT2D eigenvalue weighted by molar-refractivity contribution is 0.872. The number of hydrogen-bond acceptors (Lipinski definition) is 4. The van der Waals surface area contributed by atoms with Crippen LogP contribution in [-0.4, -0.2) is 17.0 Å². The molecule has 0 aliphatic rings. The number of aromatic nitrogens is 2. The van der Waals surface area contributed by atoms with Crippen molar-refractivity contribution in [2.75, 3.05) is 11.9 Å². The Kier molecular flexibility index (Phi) is 3.75. The Morgan fingerprint density at radius 1 is 1.39 bits per heavy atom. The highest BCUT2D eigenvalue weighted by Gasteiger charge is 2.12. The smallest absolute Gasteiger partial charge is 0.101 e. The number of nitriles is 1. The van der Waals surface area contributed by atoms with E-state index in [-0.39, 0.29) is 0 Å². The van der Waals surface area contributed by atoms with Crippen LogP contribution in [0.5, 0.6) is 0 Å². The number of halogens is 1. The molecule has 0 spiro atoms. The number of benzene rings is 1. The Morgan fingerprint density at radius 2 is 2.22 bits per heavy atom. The molecule has 4 nitrogen and oxygen atoms in total. The van der Waals surface area contributed by atoms with Crippen LogP contribution in [0.3, 0.4) is 0 Å². The second-order valence-electron chi connectivity index (χ2n) is 3.80. The van der Waals surface area contributed by atoms with Crippen molar-refractivity contribution in [2.45, 2.75) is 6.54 Å². The maximum Gasteiger partial charge on any atom is 0.101 e. The van der Waals surface area contributed by atoms with Gasteiger partial charge in [0, 0.05) is 19.4 Å². The molecular formula is C13H11ClN4. The van der Waals surface area contributed by atoms with Crippen molar-refractivity contribution < 1.29 is 0 Å². The predicted molar refractivity (Wildman–Crippen MR) is 70.3 cm³/mol. The van der Waals surface area contributed by atoms with Crippen molar-refractivity contribution in [1.29, 1.82) is 5.26 Å². The predicted octanol–water partition coefficient (Wildman–Crippen LogP) is 2.64. The average Bonchev–Trinajstić information content (AvgIpc) is 2.39. The van der Waals surface area contributed by atoms with Gasteiger partial charge in [0.25, 0.3) is 0 Å². The first-order valence-electron chi connectivity index (χ1n) is 5.37. The third kappa shape index (κ3) is 2.58. The molecule has 1 aromatic carbocycles. The Labute approximate surface area is 110 Å². The molecule has 0 unspecified atom stereocenters. The van der Waals surface area contributed by atoms with Crippen LogP contribution >= 0.6 is 11.6 Å². The first kappa shape index (κ1) is 12.3. The van der Waals surface area contributed by atoms with E-state index in [0.717, 1.165) is 5.69 Å². The molecule has 0 bridgehead atoms. The summed E-state index contributed by atoms with van der Waals surface area (Å²) in [4.78, 5) is 10.1. The number of rotatable bonds is 3. The monoisotopic (exact) mass is 258 g/mol. The first-order valence-corrected chi connectivity index (χ1v) is 5.75. The van der Waals surface area contributed by atoms with Crippen molar-refractivity contribution in [2.24, 2.45) is 0 Å². The minimum Gasteiger partial charge on any atom is -0.366 e. The topological polar surface area (TPSA) is 52.8 Å². The van der Waals surface area contributed by atoms with Crippen LogP contribution in [0.4, 0.5) is 5.69 Å². The van der Waals surface area contributed by atoms with Gasteiger partial charge in [0.2, 0.25) is 0 Å². The Bertz CT molecular complexity index is 577. The van der Waals surface area contributed by atoms with E-state index >= 15 is 0 Å².